The lowest BCUT2D eigenvalue weighted by atomic mass is 10.1. The number of anilines is 2. The van der Waals surface area contributed by atoms with Gasteiger partial charge < -0.3 is 29.9 Å². The fourth-order valence-electron chi connectivity index (χ4n) is 3.57. The lowest BCUT2D eigenvalue weighted by molar-refractivity contribution is 0.311. The molecule has 2 aromatic carbocycles. The zero-order chi connectivity index (χ0) is 22.2. The molecule has 0 bridgehead atoms. The summed E-state index contributed by atoms with van der Waals surface area (Å²) in [7, 11) is 5.53. The first-order valence-electron chi connectivity index (χ1n) is 10.5. The number of methoxy groups -OCH3 is 1. The lowest BCUT2D eigenvalue weighted by Crippen LogP contribution is -2.45. The van der Waals surface area contributed by atoms with Gasteiger partial charge in [0.05, 0.1) is 13.7 Å². The molecule has 2 N–H and O–H groups in total. The zero-order valence-electron chi connectivity index (χ0n) is 18.7. The number of hydrogen-bond acceptors (Lipinski definition) is 5. The van der Waals surface area contributed by atoms with Crippen LogP contribution in [0.1, 0.15) is 12.5 Å². The maximum absolute atomic E-state index is 6.58. The fourth-order valence-corrected chi connectivity index (χ4v) is 3.81. The minimum atomic E-state index is 0.565. The van der Waals surface area contributed by atoms with Crippen LogP contribution in [0.3, 0.4) is 0 Å². The number of nitrogens with zero attached hydrogens (tertiary/aromatic N) is 3. The first-order valence-corrected chi connectivity index (χ1v) is 10.9. The summed E-state index contributed by atoms with van der Waals surface area (Å²) in [6.07, 6.45) is 0. The van der Waals surface area contributed by atoms with Crippen LogP contribution in [-0.2, 0) is 6.54 Å². The maximum atomic E-state index is 6.58. The van der Waals surface area contributed by atoms with Crippen LogP contribution in [0.2, 0.25) is 5.02 Å². The minimum absolute atomic E-state index is 0.565. The third kappa shape index (κ3) is 5.95. The van der Waals surface area contributed by atoms with E-state index >= 15 is 0 Å². The fraction of sp³-hybridized carbons (Fsp3) is 0.435. The molecule has 8 heteroatoms. The Bertz CT molecular complexity index is 898. The highest BCUT2D eigenvalue weighted by atomic mass is 35.5. The molecule has 0 radical (unpaired) electrons. The monoisotopic (exact) mass is 445 g/mol. The van der Waals surface area contributed by atoms with Crippen molar-refractivity contribution in [2.24, 2.45) is 4.99 Å². The molecule has 0 spiro atoms. The molecule has 2 aromatic rings. The first kappa shape index (κ1) is 23.0. The molecule has 0 unspecified atom stereocenters. The summed E-state index contributed by atoms with van der Waals surface area (Å²) in [4.78, 5) is 9.10. The highest BCUT2D eigenvalue weighted by Gasteiger charge is 2.18. The predicted octanol–water partition coefficient (Wildman–Crippen LogP) is 3.69. The topological polar surface area (TPSA) is 61.4 Å². The highest BCUT2D eigenvalue weighted by molar-refractivity contribution is 6.31. The molecule has 1 saturated heterocycles. The summed E-state index contributed by atoms with van der Waals surface area (Å²) in [6, 6.07) is 11.8. The summed E-state index contributed by atoms with van der Waals surface area (Å²) in [5.41, 5.74) is 3.10. The minimum Gasteiger partial charge on any atom is -0.493 e. The molecule has 7 nitrogen and oxygen atoms in total. The Labute approximate surface area is 190 Å². The van der Waals surface area contributed by atoms with Crippen molar-refractivity contribution in [1.29, 1.82) is 0 Å². The van der Waals surface area contributed by atoms with E-state index in [4.69, 9.17) is 21.1 Å². The molecule has 0 amide bonds. The van der Waals surface area contributed by atoms with Gasteiger partial charge in [0.1, 0.15) is 0 Å². The van der Waals surface area contributed by atoms with Gasteiger partial charge in [-0.25, -0.2) is 0 Å². The number of halogens is 1. The predicted molar refractivity (Wildman–Crippen MR) is 129 cm³/mol. The molecule has 0 aromatic heterocycles. The van der Waals surface area contributed by atoms with Crippen LogP contribution in [0.5, 0.6) is 11.5 Å². The second kappa shape index (κ2) is 11.1. The molecule has 1 heterocycles. The summed E-state index contributed by atoms with van der Waals surface area (Å²) >= 11 is 6.58. The van der Waals surface area contributed by atoms with E-state index in [0.717, 1.165) is 42.5 Å². The molecule has 0 atom stereocenters. The summed E-state index contributed by atoms with van der Waals surface area (Å²) < 4.78 is 11.0. The highest BCUT2D eigenvalue weighted by Crippen LogP contribution is 2.31. The molecular weight excluding hydrogens is 414 g/mol. The Hall–Kier alpha value is -2.64. The number of aliphatic imine (C=N–C) groups is 1. The molecule has 1 fully saturated rings. The molecular formula is C23H32ClN5O2. The van der Waals surface area contributed by atoms with Crippen LogP contribution in [0.25, 0.3) is 0 Å². The van der Waals surface area contributed by atoms with E-state index in [1.807, 2.05) is 37.3 Å². The number of hydrogen-bond donors (Lipinski definition) is 2. The van der Waals surface area contributed by atoms with Crippen molar-refractivity contribution in [3.05, 3.63) is 47.0 Å². The summed E-state index contributed by atoms with van der Waals surface area (Å²) in [6.45, 7) is 7.16. The van der Waals surface area contributed by atoms with Crippen LogP contribution >= 0.6 is 11.6 Å². The molecule has 0 saturated carbocycles. The van der Waals surface area contributed by atoms with Gasteiger partial charge in [-0.15, -0.1) is 0 Å². The maximum Gasteiger partial charge on any atom is 0.195 e. The van der Waals surface area contributed by atoms with Gasteiger partial charge in [-0.05, 0) is 38.2 Å². The van der Waals surface area contributed by atoms with E-state index < -0.39 is 0 Å². The van der Waals surface area contributed by atoms with Crippen molar-refractivity contribution in [2.75, 3.05) is 64.2 Å². The number of benzene rings is 2. The van der Waals surface area contributed by atoms with Gasteiger partial charge in [0.15, 0.2) is 17.5 Å². The second-order valence-corrected chi connectivity index (χ2v) is 7.78. The number of guanidine groups is 1. The smallest absolute Gasteiger partial charge is 0.195 e. The van der Waals surface area contributed by atoms with Gasteiger partial charge in [-0.3, -0.25) is 4.99 Å². The van der Waals surface area contributed by atoms with E-state index in [0.29, 0.717) is 30.6 Å². The van der Waals surface area contributed by atoms with Crippen LogP contribution in [-0.4, -0.2) is 64.9 Å². The first-order chi connectivity index (χ1) is 15.0. The number of ether oxygens (including phenoxy) is 2. The van der Waals surface area contributed by atoms with Crippen molar-refractivity contribution in [3.63, 3.8) is 0 Å². The molecule has 31 heavy (non-hydrogen) atoms. The average molecular weight is 446 g/mol. The molecule has 0 aliphatic carbocycles. The van der Waals surface area contributed by atoms with E-state index in [9.17, 15) is 0 Å². The number of rotatable bonds is 7. The molecule has 1 aliphatic rings. The third-order valence-corrected chi connectivity index (χ3v) is 5.67. The van der Waals surface area contributed by atoms with Gasteiger partial charge in [-0.1, -0.05) is 17.7 Å². The Balaban J connectivity index is 1.70. The van der Waals surface area contributed by atoms with E-state index in [1.54, 1.807) is 14.2 Å². The number of nitrogens with one attached hydrogen (secondary N) is 2. The Morgan fingerprint density at radius 1 is 1.13 bits per heavy atom. The Kier molecular flexibility index (Phi) is 8.26. The van der Waals surface area contributed by atoms with Crippen LogP contribution < -0.4 is 25.0 Å². The SMILES string of the molecule is CCOc1ccc(NC(=NC)NCc2c(Cl)cccc2N2CCN(C)CC2)cc1OC. The molecule has 1 aliphatic heterocycles. The molecule has 3 rings (SSSR count). The number of likely N-dealkylation sites (N-methyl/N-ethyl adjacent to an activating group) is 1. The average Bonchev–Trinajstić information content (AvgIpc) is 2.78. The van der Waals surface area contributed by atoms with Crippen LogP contribution in [0.15, 0.2) is 41.4 Å². The second-order valence-electron chi connectivity index (χ2n) is 7.38. The van der Waals surface area contributed by atoms with Gasteiger partial charge in [-0.2, -0.15) is 0 Å². The van der Waals surface area contributed by atoms with E-state index in [-0.39, 0.29) is 0 Å². The summed E-state index contributed by atoms with van der Waals surface area (Å²) in [5, 5.41) is 7.45. The Morgan fingerprint density at radius 3 is 2.58 bits per heavy atom. The van der Waals surface area contributed by atoms with Crippen LogP contribution in [0, 0.1) is 0 Å². The third-order valence-electron chi connectivity index (χ3n) is 5.32. The van der Waals surface area contributed by atoms with E-state index in [1.165, 1.54) is 5.69 Å². The normalized spacial score (nSPS) is 15.0. The van der Waals surface area contributed by atoms with Crippen molar-refractivity contribution in [1.82, 2.24) is 10.2 Å². The van der Waals surface area contributed by atoms with Gasteiger partial charge >= 0.3 is 0 Å². The van der Waals surface area contributed by atoms with Crippen molar-refractivity contribution < 1.29 is 9.47 Å². The lowest BCUT2D eigenvalue weighted by Gasteiger charge is -2.35. The van der Waals surface area contributed by atoms with Crippen molar-refractivity contribution in [3.8, 4) is 11.5 Å². The van der Waals surface area contributed by atoms with Gasteiger partial charge in [0.25, 0.3) is 0 Å². The standard InChI is InChI=1S/C23H32ClN5O2/c1-5-31-21-10-9-17(15-22(21)30-4)27-23(25-2)26-16-18-19(24)7-6-8-20(18)29-13-11-28(3)12-14-29/h6-10,15H,5,11-14,16H2,1-4H3,(H2,25,26,27). The van der Waals surface area contributed by atoms with Crippen molar-refractivity contribution >= 4 is 28.9 Å². The molecule has 168 valence electrons. The van der Waals surface area contributed by atoms with Crippen LogP contribution in [0.4, 0.5) is 11.4 Å². The zero-order valence-corrected chi connectivity index (χ0v) is 19.5. The van der Waals surface area contributed by atoms with Crippen molar-refractivity contribution in [2.45, 2.75) is 13.5 Å². The number of piperazine rings is 1. The quantitative estimate of drug-likeness (QED) is 0.500. The summed E-state index contributed by atoms with van der Waals surface area (Å²) in [5.74, 6) is 2.03. The Morgan fingerprint density at radius 2 is 1.90 bits per heavy atom. The van der Waals surface area contributed by atoms with Gasteiger partial charge in [0, 0.05) is 67.8 Å². The van der Waals surface area contributed by atoms with Gasteiger partial charge in [0.2, 0.25) is 0 Å². The van der Waals surface area contributed by atoms with E-state index in [2.05, 4.69) is 38.5 Å². The largest absolute Gasteiger partial charge is 0.493 e.